The molecule has 2 bridgehead atoms. The van der Waals surface area contributed by atoms with Crippen molar-refractivity contribution in [2.45, 2.75) is 45.6 Å². The monoisotopic (exact) mass is 154 g/mol. The van der Waals surface area contributed by atoms with Crippen molar-refractivity contribution in [3.8, 4) is 0 Å². The van der Waals surface area contributed by atoms with Gasteiger partial charge in [-0.25, -0.2) is 0 Å². The summed E-state index contributed by atoms with van der Waals surface area (Å²) < 4.78 is 0. The predicted molar refractivity (Wildman–Crippen MR) is 45.2 cm³/mol. The minimum atomic E-state index is -0.322. The topological polar surface area (TPSA) is 20.2 Å². The Hall–Kier alpha value is -0.0400. The summed E-state index contributed by atoms with van der Waals surface area (Å²) in [5.74, 6) is 1.51. The van der Waals surface area contributed by atoms with Gasteiger partial charge in [-0.15, -0.1) is 0 Å². The van der Waals surface area contributed by atoms with Crippen LogP contribution in [0.5, 0.6) is 0 Å². The highest BCUT2D eigenvalue weighted by molar-refractivity contribution is 5.10. The third kappa shape index (κ3) is 0.703. The van der Waals surface area contributed by atoms with Gasteiger partial charge in [0.2, 0.25) is 0 Å². The van der Waals surface area contributed by atoms with Crippen molar-refractivity contribution in [3.63, 3.8) is 0 Å². The molecule has 2 aliphatic carbocycles. The second-order valence-electron chi connectivity index (χ2n) is 5.04. The molecule has 3 unspecified atom stereocenters. The number of hydrogen-bond donors (Lipinski definition) is 1. The molecule has 0 heterocycles. The fourth-order valence-corrected chi connectivity index (χ4v) is 3.09. The number of rotatable bonds is 0. The van der Waals surface area contributed by atoms with Crippen LogP contribution in [0.4, 0.5) is 0 Å². The Bertz CT molecular complexity index is 183. The molecule has 0 radical (unpaired) electrons. The minimum absolute atomic E-state index is 0.163. The lowest BCUT2D eigenvalue weighted by Crippen LogP contribution is -2.43. The molecule has 0 aromatic carbocycles. The standard InChI is InChI=1S/C10H18O/c1-7-8-4-5-10(11,6-8)9(7,2)3/h7-8,11H,4-6H2,1-3H3. The van der Waals surface area contributed by atoms with Gasteiger partial charge < -0.3 is 5.11 Å². The SMILES string of the molecule is CC1C2CCC(O)(C2)C1(C)C. The van der Waals surface area contributed by atoms with Crippen LogP contribution in [0, 0.1) is 17.3 Å². The Morgan fingerprint density at radius 2 is 2.00 bits per heavy atom. The zero-order chi connectivity index (χ0) is 8.28. The summed E-state index contributed by atoms with van der Waals surface area (Å²) >= 11 is 0. The van der Waals surface area contributed by atoms with E-state index in [1.165, 1.54) is 6.42 Å². The van der Waals surface area contributed by atoms with E-state index in [4.69, 9.17) is 0 Å². The van der Waals surface area contributed by atoms with Crippen LogP contribution >= 0.6 is 0 Å². The summed E-state index contributed by atoms with van der Waals surface area (Å²) in [5.41, 5.74) is -0.160. The van der Waals surface area contributed by atoms with Gasteiger partial charge >= 0.3 is 0 Å². The van der Waals surface area contributed by atoms with Crippen LogP contribution in [0.15, 0.2) is 0 Å². The van der Waals surface area contributed by atoms with Crippen LogP contribution in [0.1, 0.15) is 40.0 Å². The third-order valence-electron chi connectivity index (χ3n) is 4.57. The molecule has 0 spiro atoms. The molecule has 0 aliphatic heterocycles. The summed E-state index contributed by atoms with van der Waals surface area (Å²) in [6, 6.07) is 0. The molecule has 1 heteroatoms. The highest BCUT2D eigenvalue weighted by atomic mass is 16.3. The largest absolute Gasteiger partial charge is 0.389 e. The van der Waals surface area contributed by atoms with E-state index in [1.807, 2.05) is 0 Å². The molecule has 64 valence electrons. The average Bonchev–Trinajstić information content (AvgIpc) is 2.36. The van der Waals surface area contributed by atoms with Crippen LogP contribution in [0.25, 0.3) is 0 Å². The molecule has 0 aromatic heterocycles. The maximum absolute atomic E-state index is 10.2. The first kappa shape index (κ1) is 7.60. The molecule has 2 aliphatic rings. The maximum atomic E-state index is 10.2. The molecule has 0 saturated heterocycles. The molecule has 1 N–H and O–H groups in total. The first-order chi connectivity index (χ1) is 4.97. The van der Waals surface area contributed by atoms with Crippen LogP contribution in [-0.2, 0) is 0 Å². The Kier molecular flexibility index (Phi) is 1.26. The smallest absolute Gasteiger partial charge is 0.0703 e. The molecular weight excluding hydrogens is 136 g/mol. The highest BCUT2D eigenvalue weighted by Gasteiger charge is 2.59. The van der Waals surface area contributed by atoms with Crippen molar-refractivity contribution < 1.29 is 5.11 Å². The van der Waals surface area contributed by atoms with Crippen LogP contribution < -0.4 is 0 Å². The quantitative estimate of drug-likeness (QED) is 0.567. The molecule has 0 amide bonds. The summed E-state index contributed by atoms with van der Waals surface area (Å²) in [4.78, 5) is 0. The van der Waals surface area contributed by atoms with Gasteiger partial charge in [0.25, 0.3) is 0 Å². The van der Waals surface area contributed by atoms with Crippen LogP contribution in [-0.4, -0.2) is 10.7 Å². The van der Waals surface area contributed by atoms with Crippen molar-refractivity contribution >= 4 is 0 Å². The van der Waals surface area contributed by atoms with Gasteiger partial charge in [0.05, 0.1) is 5.60 Å². The van der Waals surface area contributed by atoms with E-state index in [0.717, 1.165) is 18.8 Å². The number of hydrogen-bond acceptors (Lipinski definition) is 1. The van der Waals surface area contributed by atoms with Crippen molar-refractivity contribution in [1.82, 2.24) is 0 Å². The first-order valence-corrected chi connectivity index (χ1v) is 4.70. The Labute approximate surface area is 68.8 Å². The lowest BCUT2D eigenvalue weighted by Gasteiger charge is -2.41. The van der Waals surface area contributed by atoms with Crippen molar-refractivity contribution in [2.75, 3.05) is 0 Å². The Morgan fingerprint density at radius 1 is 1.36 bits per heavy atom. The molecule has 2 rings (SSSR count). The molecule has 2 fully saturated rings. The highest BCUT2D eigenvalue weighted by Crippen LogP contribution is 2.61. The zero-order valence-electron chi connectivity index (χ0n) is 7.72. The number of fused-ring (bicyclic) bond motifs is 2. The molecule has 0 aromatic rings. The second kappa shape index (κ2) is 1.82. The lowest BCUT2D eigenvalue weighted by atomic mass is 9.67. The molecular formula is C10H18O. The summed E-state index contributed by atoms with van der Waals surface area (Å²) in [6.07, 6.45) is 3.34. The van der Waals surface area contributed by atoms with Gasteiger partial charge in [0, 0.05) is 0 Å². The zero-order valence-corrected chi connectivity index (χ0v) is 7.72. The van der Waals surface area contributed by atoms with Gasteiger partial charge in [0.1, 0.15) is 0 Å². The van der Waals surface area contributed by atoms with Crippen molar-refractivity contribution in [3.05, 3.63) is 0 Å². The van der Waals surface area contributed by atoms with Gasteiger partial charge in [-0.05, 0) is 36.5 Å². The number of aliphatic hydroxyl groups is 1. The van der Waals surface area contributed by atoms with E-state index in [0.29, 0.717) is 5.92 Å². The third-order valence-corrected chi connectivity index (χ3v) is 4.57. The minimum Gasteiger partial charge on any atom is -0.389 e. The van der Waals surface area contributed by atoms with E-state index in [2.05, 4.69) is 20.8 Å². The summed E-state index contributed by atoms with van der Waals surface area (Å²) in [6.45, 7) is 6.73. The van der Waals surface area contributed by atoms with E-state index in [1.54, 1.807) is 0 Å². The van der Waals surface area contributed by atoms with E-state index < -0.39 is 0 Å². The lowest BCUT2D eigenvalue weighted by molar-refractivity contribution is -0.0663. The Morgan fingerprint density at radius 3 is 2.27 bits per heavy atom. The summed E-state index contributed by atoms with van der Waals surface area (Å²) in [5, 5.41) is 10.2. The Balaban J connectivity index is 2.36. The van der Waals surface area contributed by atoms with Gasteiger partial charge in [0.15, 0.2) is 0 Å². The van der Waals surface area contributed by atoms with Gasteiger partial charge in [-0.1, -0.05) is 20.8 Å². The van der Waals surface area contributed by atoms with E-state index >= 15 is 0 Å². The predicted octanol–water partition coefficient (Wildman–Crippen LogP) is 2.19. The molecule has 11 heavy (non-hydrogen) atoms. The summed E-state index contributed by atoms with van der Waals surface area (Å²) in [7, 11) is 0. The average molecular weight is 154 g/mol. The van der Waals surface area contributed by atoms with Crippen LogP contribution in [0.2, 0.25) is 0 Å². The molecule has 2 saturated carbocycles. The first-order valence-electron chi connectivity index (χ1n) is 4.70. The van der Waals surface area contributed by atoms with Gasteiger partial charge in [-0.2, -0.15) is 0 Å². The van der Waals surface area contributed by atoms with Gasteiger partial charge in [-0.3, -0.25) is 0 Å². The van der Waals surface area contributed by atoms with Crippen molar-refractivity contribution in [2.24, 2.45) is 17.3 Å². The van der Waals surface area contributed by atoms with E-state index in [9.17, 15) is 5.11 Å². The fourth-order valence-electron chi connectivity index (χ4n) is 3.09. The van der Waals surface area contributed by atoms with Crippen molar-refractivity contribution in [1.29, 1.82) is 0 Å². The van der Waals surface area contributed by atoms with Crippen LogP contribution in [0.3, 0.4) is 0 Å². The normalized spacial score (nSPS) is 53.5. The van der Waals surface area contributed by atoms with E-state index in [-0.39, 0.29) is 11.0 Å². The molecule has 1 nitrogen and oxygen atoms in total. The molecule has 3 atom stereocenters. The maximum Gasteiger partial charge on any atom is 0.0703 e. The second-order valence-corrected chi connectivity index (χ2v) is 5.04. The fraction of sp³-hybridized carbons (Fsp3) is 1.00.